The Balaban J connectivity index is 2.03. The van der Waals surface area contributed by atoms with Gasteiger partial charge in [-0.05, 0) is 31.5 Å². The summed E-state index contributed by atoms with van der Waals surface area (Å²) in [6.45, 7) is 5.25. The molecule has 140 valence electrons. The lowest BCUT2D eigenvalue weighted by Gasteiger charge is -2.10. The molecule has 0 saturated heterocycles. The number of thiazole rings is 1. The van der Waals surface area contributed by atoms with Gasteiger partial charge < -0.3 is 4.74 Å². The van der Waals surface area contributed by atoms with Gasteiger partial charge in [-0.3, -0.25) is 14.9 Å². The van der Waals surface area contributed by atoms with Gasteiger partial charge in [0.05, 0.1) is 23.1 Å². The van der Waals surface area contributed by atoms with Crippen molar-refractivity contribution in [1.29, 1.82) is 0 Å². The van der Waals surface area contributed by atoms with Gasteiger partial charge in [0.1, 0.15) is 5.75 Å². The van der Waals surface area contributed by atoms with E-state index in [2.05, 4.69) is 10.3 Å². The topological polar surface area (TPSA) is 86.8 Å². The van der Waals surface area contributed by atoms with E-state index in [9.17, 15) is 9.59 Å². The molecular formula is C16H17ClN2O5S2. The minimum absolute atomic E-state index is 0.219. The Hall–Kier alpha value is -1.65. The molecule has 1 heterocycles. The van der Waals surface area contributed by atoms with Crippen LogP contribution in [0.4, 0.5) is 5.13 Å². The third-order valence-corrected chi connectivity index (χ3v) is 4.92. The highest BCUT2D eigenvalue weighted by Gasteiger charge is 2.17. The molecule has 2 aromatic rings. The maximum absolute atomic E-state index is 12.5. The molecule has 0 fully saturated rings. The summed E-state index contributed by atoms with van der Waals surface area (Å²) in [5, 5.41) is 5.23. The number of carbonyl (C=O) groups is 2. The minimum atomic E-state index is -0.481. The molecule has 0 aliphatic rings. The number of hydrogen-bond donors (Lipinski definition) is 1. The number of rotatable bonds is 8. The molecule has 1 amide bonds. The summed E-state index contributed by atoms with van der Waals surface area (Å²) >= 11 is 8.60. The van der Waals surface area contributed by atoms with Crippen LogP contribution < -0.4 is 10.1 Å². The zero-order valence-corrected chi connectivity index (χ0v) is 16.7. The first-order chi connectivity index (χ1) is 12.4. The maximum atomic E-state index is 12.5. The van der Waals surface area contributed by atoms with E-state index in [0.717, 1.165) is 17.7 Å². The summed E-state index contributed by atoms with van der Waals surface area (Å²) in [7, 11) is 0. The molecule has 26 heavy (non-hydrogen) atoms. The molecule has 1 aromatic heterocycles. The van der Waals surface area contributed by atoms with Crippen LogP contribution in [0.5, 0.6) is 5.75 Å². The van der Waals surface area contributed by atoms with Gasteiger partial charge in [-0.1, -0.05) is 11.6 Å². The lowest BCUT2D eigenvalue weighted by atomic mass is 10.1. The van der Waals surface area contributed by atoms with Crippen LogP contribution in [0.2, 0.25) is 5.02 Å². The Kier molecular flexibility index (Phi) is 7.85. The van der Waals surface area contributed by atoms with Gasteiger partial charge in [0, 0.05) is 29.9 Å². The van der Waals surface area contributed by atoms with E-state index in [-0.39, 0.29) is 16.7 Å². The summed E-state index contributed by atoms with van der Waals surface area (Å²) < 4.78 is 9.86. The van der Waals surface area contributed by atoms with Crippen LogP contribution in [-0.4, -0.2) is 23.5 Å². The lowest BCUT2D eigenvalue weighted by molar-refractivity contribution is -0.185. The first kappa shape index (κ1) is 20.7. The summed E-state index contributed by atoms with van der Waals surface area (Å²) in [6.07, 6.45) is 0. The fourth-order valence-electron chi connectivity index (χ4n) is 1.90. The Morgan fingerprint density at radius 1 is 1.38 bits per heavy atom. The number of amides is 1. The number of benzene rings is 1. The van der Waals surface area contributed by atoms with Crippen molar-refractivity contribution in [3.05, 3.63) is 39.4 Å². The van der Waals surface area contributed by atoms with Crippen molar-refractivity contribution >= 4 is 52.0 Å². The minimum Gasteiger partial charge on any atom is -0.425 e. The number of halogens is 1. The van der Waals surface area contributed by atoms with Crippen LogP contribution >= 0.6 is 35.0 Å². The summed E-state index contributed by atoms with van der Waals surface area (Å²) in [6, 6.07) is 3.04. The number of esters is 1. The SMILES string of the molecule is CCOOSCc1csc(NC(=O)c2ccc(OC(C)=O)c(Cl)c2C)n1. The first-order valence-electron chi connectivity index (χ1n) is 7.56. The summed E-state index contributed by atoms with van der Waals surface area (Å²) in [4.78, 5) is 32.6. The highest BCUT2D eigenvalue weighted by atomic mass is 35.5. The van der Waals surface area contributed by atoms with E-state index in [4.69, 9.17) is 25.6 Å². The second-order valence-corrected chi connectivity index (χ2v) is 6.88. The van der Waals surface area contributed by atoms with Gasteiger partial charge in [0.2, 0.25) is 0 Å². The van der Waals surface area contributed by atoms with Crippen molar-refractivity contribution in [2.24, 2.45) is 0 Å². The Morgan fingerprint density at radius 2 is 2.15 bits per heavy atom. The lowest BCUT2D eigenvalue weighted by Crippen LogP contribution is -2.14. The van der Waals surface area contributed by atoms with Gasteiger partial charge >= 0.3 is 5.97 Å². The highest BCUT2D eigenvalue weighted by Crippen LogP contribution is 2.31. The van der Waals surface area contributed by atoms with Crippen LogP contribution in [0.25, 0.3) is 0 Å². The quantitative estimate of drug-likeness (QED) is 0.170. The zero-order chi connectivity index (χ0) is 19.1. The molecule has 7 nitrogen and oxygen atoms in total. The van der Waals surface area contributed by atoms with Gasteiger partial charge in [-0.25, -0.2) is 9.87 Å². The molecule has 0 bridgehead atoms. The molecule has 0 radical (unpaired) electrons. The normalized spacial score (nSPS) is 10.6. The van der Waals surface area contributed by atoms with Gasteiger partial charge in [0.15, 0.2) is 5.13 Å². The van der Waals surface area contributed by atoms with Gasteiger partial charge in [0.25, 0.3) is 5.91 Å². The second-order valence-electron chi connectivity index (χ2n) is 4.98. The average Bonchev–Trinajstić information content (AvgIpc) is 3.03. The zero-order valence-electron chi connectivity index (χ0n) is 14.3. The van der Waals surface area contributed by atoms with E-state index >= 15 is 0 Å². The molecule has 0 aliphatic carbocycles. The van der Waals surface area contributed by atoms with Crippen molar-refractivity contribution in [2.45, 2.75) is 26.5 Å². The number of ether oxygens (including phenoxy) is 1. The molecule has 0 spiro atoms. The Morgan fingerprint density at radius 3 is 2.85 bits per heavy atom. The first-order valence-corrected chi connectivity index (χ1v) is 9.73. The number of anilines is 1. The predicted octanol–water partition coefficient (Wildman–Crippen LogP) is 4.40. The Labute approximate surface area is 164 Å². The van der Waals surface area contributed by atoms with Crippen molar-refractivity contribution in [2.75, 3.05) is 11.9 Å². The van der Waals surface area contributed by atoms with E-state index in [0.29, 0.717) is 28.6 Å². The van der Waals surface area contributed by atoms with Crippen molar-refractivity contribution in [3.63, 3.8) is 0 Å². The molecule has 1 aromatic carbocycles. The molecule has 0 aliphatic heterocycles. The maximum Gasteiger partial charge on any atom is 0.308 e. The van der Waals surface area contributed by atoms with Gasteiger partial charge in [-0.2, -0.15) is 4.33 Å². The molecular weight excluding hydrogens is 400 g/mol. The van der Waals surface area contributed by atoms with Crippen molar-refractivity contribution in [3.8, 4) is 5.75 Å². The number of aromatic nitrogens is 1. The summed E-state index contributed by atoms with van der Waals surface area (Å²) in [5.74, 6) is -0.118. The summed E-state index contributed by atoms with van der Waals surface area (Å²) in [5.41, 5.74) is 1.65. The largest absolute Gasteiger partial charge is 0.425 e. The van der Waals surface area contributed by atoms with E-state index in [1.807, 2.05) is 12.3 Å². The molecule has 1 N–H and O–H groups in total. The number of nitrogens with zero attached hydrogens (tertiary/aromatic N) is 1. The average molecular weight is 417 g/mol. The van der Waals surface area contributed by atoms with Crippen molar-refractivity contribution in [1.82, 2.24) is 4.98 Å². The molecule has 2 rings (SSSR count). The van der Waals surface area contributed by atoms with Crippen LogP contribution in [0, 0.1) is 6.92 Å². The Bertz CT molecular complexity index is 797. The third-order valence-electron chi connectivity index (χ3n) is 3.04. The second kappa shape index (κ2) is 9.89. The number of nitrogens with one attached hydrogen (secondary N) is 1. The van der Waals surface area contributed by atoms with E-state index in [1.165, 1.54) is 24.3 Å². The fourth-order valence-corrected chi connectivity index (χ4v) is 3.40. The monoisotopic (exact) mass is 416 g/mol. The molecule has 0 saturated carbocycles. The standard InChI is InChI=1S/C16H17ClN2O5S2/c1-4-22-24-26-8-11-7-25-16(18-11)19-15(21)12-5-6-13(23-10(3)20)14(17)9(12)2/h5-7H,4,8H2,1-3H3,(H,18,19,21). The molecule has 0 unspecified atom stereocenters. The van der Waals surface area contributed by atoms with Crippen LogP contribution in [0.1, 0.15) is 35.5 Å². The van der Waals surface area contributed by atoms with E-state index < -0.39 is 5.97 Å². The predicted molar refractivity (Wildman–Crippen MR) is 102 cm³/mol. The molecule has 10 heteroatoms. The van der Waals surface area contributed by atoms with Crippen molar-refractivity contribution < 1.29 is 23.5 Å². The van der Waals surface area contributed by atoms with Crippen LogP contribution in [0.15, 0.2) is 17.5 Å². The van der Waals surface area contributed by atoms with E-state index in [1.54, 1.807) is 13.0 Å². The highest BCUT2D eigenvalue weighted by molar-refractivity contribution is 7.93. The number of hydrogen-bond acceptors (Lipinski definition) is 8. The van der Waals surface area contributed by atoms with Crippen LogP contribution in [-0.2, 0) is 19.8 Å². The third kappa shape index (κ3) is 5.68. The fraction of sp³-hybridized carbons (Fsp3) is 0.312. The van der Waals surface area contributed by atoms with Gasteiger partial charge in [-0.15, -0.1) is 11.3 Å². The number of carbonyl (C=O) groups excluding carboxylic acids is 2. The van der Waals surface area contributed by atoms with Crippen LogP contribution in [0.3, 0.4) is 0 Å². The molecule has 0 atom stereocenters. The smallest absolute Gasteiger partial charge is 0.308 e.